The molecule has 21 heavy (non-hydrogen) atoms. The van der Waals surface area contributed by atoms with E-state index in [4.69, 9.17) is 0 Å². The molecule has 0 aromatic carbocycles. The maximum absolute atomic E-state index is 12.3. The van der Waals surface area contributed by atoms with Gasteiger partial charge in [0.15, 0.2) is 0 Å². The van der Waals surface area contributed by atoms with Crippen LogP contribution < -0.4 is 0 Å². The Morgan fingerprint density at radius 2 is 2.19 bits per heavy atom. The summed E-state index contributed by atoms with van der Waals surface area (Å²) in [6, 6.07) is 2.04. The molecule has 0 radical (unpaired) electrons. The second-order valence-electron chi connectivity index (χ2n) is 5.71. The smallest absolute Gasteiger partial charge is 0.228 e. The summed E-state index contributed by atoms with van der Waals surface area (Å²) in [7, 11) is 0. The molecule has 1 N–H and O–H groups in total. The molecule has 1 aliphatic rings. The minimum Gasteiger partial charge on any atom is -0.390 e. The van der Waals surface area contributed by atoms with Crippen LogP contribution in [0.3, 0.4) is 0 Å². The number of rotatable bonds is 3. The summed E-state index contributed by atoms with van der Waals surface area (Å²) >= 11 is 3.23. The van der Waals surface area contributed by atoms with Crippen LogP contribution in [0, 0.1) is 0 Å². The molecule has 0 atom stereocenters. The largest absolute Gasteiger partial charge is 0.390 e. The zero-order chi connectivity index (χ0) is 14.9. The molecule has 1 fully saturated rings. The molecule has 6 heteroatoms. The first-order valence-electron chi connectivity index (χ1n) is 7.01. The number of aliphatic hydroxyl groups is 1. The van der Waals surface area contributed by atoms with Gasteiger partial charge in [-0.05, 0) is 31.2 Å². The summed E-state index contributed by atoms with van der Waals surface area (Å²) in [5, 5.41) is 17.0. The molecular weight excluding hydrogens is 304 g/mol. The van der Waals surface area contributed by atoms with Crippen LogP contribution in [-0.4, -0.2) is 39.6 Å². The number of likely N-dealkylation sites (tertiary alicyclic amines) is 1. The monoisotopic (exact) mass is 322 g/mol. The van der Waals surface area contributed by atoms with E-state index < -0.39 is 5.60 Å². The van der Waals surface area contributed by atoms with Crippen molar-refractivity contribution in [2.45, 2.75) is 31.8 Å². The quantitative estimate of drug-likeness (QED) is 0.945. The van der Waals surface area contributed by atoms with E-state index in [2.05, 4.69) is 10.4 Å². The molecule has 0 saturated carbocycles. The molecular formula is C15H18N2O2S2. The molecule has 0 unspecified atom stereocenters. The van der Waals surface area contributed by atoms with E-state index in [1.54, 1.807) is 22.7 Å². The molecule has 3 rings (SSSR count). The maximum atomic E-state index is 12.3. The van der Waals surface area contributed by atoms with E-state index in [1.165, 1.54) is 0 Å². The van der Waals surface area contributed by atoms with Crippen molar-refractivity contribution in [1.29, 1.82) is 0 Å². The lowest BCUT2D eigenvalue weighted by Gasteiger charge is -2.35. The topological polar surface area (TPSA) is 53.4 Å². The number of carbonyl (C=O) groups is 1. The summed E-state index contributed by atoms with van der Waals surface area (Å²) in [6.07, 6.45) is 1.65. The Morgan fingerprint density at radius 3 is 2.86 bits per heavy atom. The molecule has 0 aliphatic carbocycles. The SMILES string of the molecule is CC1(O)CCN(C(=O)Cc2csc(-c3ccsc3)n2)CC1. The lowest BCUT2D eigenvalue weighted by Crippen LogP contribution is -2.45. The van der Waals surface area contributed by atoms with E-state index in [9.17, 15) is 9.90 Å². The van der Waals surface area contributed by atoms with Crippen LogP contribution in [0.5, 0.6) is 0 Å². The third-order valence-corrected chi connectivity index (χ3v) is 5.47. The fourth-order valence-corrected chi connectivity index (χ4v) is 3.94. The first kappa shape index (κ1) is 14.7. The minimum atomic E-state index is -0.621. The Kier molecular flexibility index (Phi) is 4.10. The number of aromatic nitrogens is 1. The number of amides is 1. The Bertz CT molecular complexity index is 609. The van der Waals surface area contributed by atoms with Crippen molar-refractivity contribution in [2.75, 3.05) is 13.1 Å². The summed E-state index contributed by atoms with van der Waals surface area (Å²) < 4.78 is 0. The van der Waals surface area contributed by atoms with Gasteiger partial charge in [0.05, 0.1) is 17.7 Å². The predicted octanol–water partition coefficient (Wildman–Crippen LogP) is 2.79. The van der Waals surface area contributed by atoms with Crippen molar-refractivity contribution < 1.29 is 9.90 Å². The molecule has 4 nitrogen and oxygen atoms in total. The fraction of sp³-hybridized carbons (Fsp3) is 0.467. The Hall–Kier alpha value is -1.24. The third kappa shape index (κ3) is 3.51. The Balaban J connectivity index is 1.61. The zero-order valence-corrected chi connectivity index (χ0v) is 13.5. The number of carbonyl (C=O) groups excluding carboxylic acids is 1. The Morgan fingerprint density at radius 1 is 1.43 bits per heavy atom. The summed E-state index contributed by atoms with van der Waals surface area (Å²) in [6.45, 7) is 3.10. The van der Waals surface area contributed by atoms with E-state index in [0.717, 1.165) is 16.3 Å². The van der Waals surface area contributed by atoms with E-state index in [0.29, 0.717) is 32.4 Å². The minimum absolute atomic E-state index is 0.104. The van der Waals surface area contributed by atoms with Crippen LogP contribution in [0.1, 0.15) is 25.5 Å². The molecule has 0 bridgehead atoms. The number of nitrogens with zero attached hydrogens (tertiary/aromatic N) is 2. The van der Waals surface area contributed by atoms with Gasteiger partial charge >= 0.3 is 0 Å². The van der Waals surface area contributed by atoms with Gasteiger partial charge in [-0.25, -0.2) is 4.98 Å². The highest BCUT2D eigenvalue weighted by molar-refractivity contribution is 7.14. The molecule has 1 amide bonds. The third-order valence-electron chi connectivity index (χ3n) is 3.85. The van der Waals surface area contributed by atoms with Gasteiger partial charge in [0, 0.05) is 29.4 Å². The second-order valence-corrected chi connectivity index (χ2v) is 7.35. The van der Waals surface area contributed by atoms with Gasteiger partial charge in [-0.15, -0.1) is 11.3 Å². The van der Waals surface area contributed by atoms with E-state index >= 15 is 0 Å². The fourth-order valence-electron chi connectivity index (χ4n) is 2.41. The molecule has 3 heterocycles. The number of piperidine rings is 1. The van der Waals surface area contributed by atoms with Gasteiger partial charge < -0.3 is 10.0 Å². The number of hydrogen-bond acceptors (Lipinski definition) is 5. The molecule has 2 aromatic heterocycles. The number of thiazole rings is 1. The molecule has 1 saturated heterocycles. The van der Waals surface area contributed by atoms with Crippen LogP contribution in [-0.2, 0) is 11.2 Å². The highest BCUT2D eigenvalue weighted by atomic mass is 32.1. The average Bonchev–Trinajstić information content (AvgIpc) is 3.08. The molecule has 0 spiro atoms. The van der Waals surface area contributed by atoms with Gasteiger partial charge in [-0.1, -0.05) is 0 Å². The highest BCUT2D eigenvalue weighted by Gasteiger charge is 2.29. The first-order valence-corrected chi connectivity index (χ1v) is 8.83. The van der Waals surface area contributed by atoms with E-state index in [-0.39, 0.29) is 5.91 Å². The van der Waals surface area contributed by atoms with Crippen LogP contribution in [0.2, 0.25) is 0 Å². The van der Waals surface area contributed by atoms with Crippen LogP contribution >= 0.6 is 22.7 Å². The van der Waals surface area contributed by atoms with Crippen LogP contribution in [0.15, 0.2) is 22.2 Å². The summed E-state index contributed by atoms with van der Waals surface area (Å²) in [4.78, 5) is 18.7. The van der Waals surface area contributed by atoms with Crippen molar-refractivity contribution in [3.8, 4) is 10.6 Å². The van der Waals surface area contributed by atoms with Gasteiger partial charge in [0.1, 0.15) is 5.01 Å². The van der Waals surface area contributed by atoms with Gasteiger partial charge in [-0.2, -0.15) is 11.3 Å². The van der Waals surface area contributed by atoms with Crippen molar-refractivity contribution >= 4 is 28.6 Å². The highest BCUT2D eigenvalue weighted by Crippen LogP contribution is 2.26. The van der Waals surface area contributed by atoms with E-state index in [1.807, 2.05) is 28.7 Å². The van der Waals surface area contributed by atoms with Crippen molar-refractivity contribution in [1.82, 2.24) is 9.88 Å². The van der Waals surface area contributed by atoms with Gasteiger partial charge in [0.25, 0.3) is 0 Å². The normalized spacial score (nSPS) is 17.9. The van der Waals surface area contributed by atoms with Crippen LogP contribution in [0.25, 0.3) is 10.6 Å². The van der Waals surface area contributed by atoms with Gasteiger partial charge in [-0.3, -0.25) is 4.79 Å². The van der Waals surface area contributed by atoms with Gasteiger partial charge in [0.2, 0.25) is 5.91 Å². The Labute approximate surface area is 132 Å². The second kappa shape index (κ2) is 5.87. The standard InChI is InChI=1S/C15H18N2O2S2/c1-15(19)3-5-17(6-4-15)13(18)8-12-10-21-14(16-12)11-2-7-20-9-11/h2,7,9-10,19H,3-6,8H2,1H3. The number of hydrogen-bond donors (Lipinski definition) is 1. The van der Waals surface area contributed by atoms with Crippen LogP contribution in [0.4, 0.5) is 0 Å². The summed E-state index contributed by atoms with van der Waals surface area (Å²) in [5.74, 6) is 0.104. The maximum Gasteiger partial charge on any atom is 0.228 e. The average molecular weight is 322 g/mol. The van der Waals surface area contributed by atoms with Crippen molar-refractivity contribution in [3.63, 3.8) is 0 Å². The molecule has 112 valence electrons. The lowest BCUT2D eigenvalue weighted by molar-refractivity contribution is -0.134. The summed E-state index contributed by atoms with van der Waals surface area (Å²) in [5.41, 5.74) is 1.34. The lowest BCUT2D eigenvalue weighted by atomic mass is 9.94. The van der Waals surface area contributed by atoms with Crippen molar-refractivity contribution in [2.24, 2.45) is 0 Å². The van der Waals surface area contributed by atoms with Crippen molar-refractivity contribution in [3.05, 3.63) is 27.9 Å². The first-order chi connectivity index (χ1) is 10.0. The molecule has 2 aromatic rings. The molecule has 1 aliphatic heterocycles. The zero-order valence-electron chi connectivity index (χ0n) is 11.9. The number of thiophene rings is 1. The predicted molar refractivity (Wildman–Crippen MR) is 85.6 cm³/mol.